The van der Waals surface area contributed by atoms with E-state index in [4.69, 9.17) is 0 Å². The van der Waals surface area contributed by atoms with Gasteiger partial charge in [0, 0.05) is 25.0 Å². The van der Waals surface area contributed by atoms with E-state index in [0.717, 1.165) is 42.9 Å². The van der Waals surface area contributed by atoms with E-state index in [1.807, 2.05) is 6.07 Å². The summed E-state index contributed by atoms with van der Waals surface area (Å²) < 4.78 is 0. The molecule has 1 aromatic rings. The number of carbonyl (C=O) groups is 4. The number of hydrogen-bond donors (Lipinski definition) is 2. The molecule has 3 atom stereocenters. The van der Waals surface area contributed by atoms with Crippen LogP contribution in [0.4, 0.5) is 0 Å². The lowest BCUT2D eigenvalue weighted by Crippen LogP contribution is -2.54. The topological polar surface area (TPSA) is 98.8 Å². The molecule has 8 heteroatoms. The molecule has 0 saturated carbocycles. The smallest absolute Gasteiger partial charge is 0.262 e. The predicted octanol–water partition coefficient (Wildman–Crippen LogP) is 0.414. The van der Waals surface area contributed by atoms with Gasteiger partial charge < -0.3 is 5.32 Å². The molecule has 0 aromatic heterocycles. The summed E-state index contributed by atoms with van der Waals surface area (Å²) in [5, 5.41) is 5.79. The first-order valence-corrected chi connectivity index (χ1v) is 10.3. The fourth-order valence-electron chi connectivity index (χ4n) is 5.21. The number of nitrogens with zero attached hydrogens (tertiary/aromatic N) is 2. The summed E-state index contributed by atoms with van der Waals surface area (Å²) in [4.78, 5) is 52.8. The van der Waals surface area contributed by atoms with Crippen molar-refractivity contribution in [2.24, 2.45) is 0 Å². The van der Waals surface area contributed by atoms with Crippen molar-refractivity contribution in [3.63, 3.8) is 0 Å². The van der Waals surface area contributed by atoms with Crippen LogP contribution in [0.3, 0.4) is 0 Å². The summed E-state index contributed by atoms with van der Waals surface area (Å²) in [6, 6.07) is 5.55. The molecule has 3 saturated heterocycles. The second kappa shape index (κ2) is 7.03. The molecule has 2 N–H and O–H groups in total. The maximum Gasteiger partial charge on any atom is 0.262 e. The van der Waals surface area contributed by atoms with Gasteiger partial charge >= 0.3 is 0 Å². The van der Waals surface area contributed by atoms with E-state index in [-0.39, 0.29) is 18.7 Å². The molecule has 0 radical (unpaired) electrons. The molecule has 0 aliphatic carbocycles. The van der Waals surface area contributed by atoms with Crippen LogP contribution in [0.15, 0.2) is 18.2 Å². The third kappa shape index (κ3) is 3.07. The summed E-state index contributed by atoms with van der Waals surface area (Å²) in [7, 11) is 0. The second-order valence-corrected chi connectivity index (χ2v) is 8.36. The maximum absolute atomic E-state index is 13.0. The minimum Gasteiger partial charge on any atom is -0.312 e. The van der Waals surface area contributed by atoms with Crippen molar-refractivity contribution in [1.82, 2.24) is 20.4 Å². The first kappa shape index (κ1) is 18.4. The zero-order valence-corrected chi connectivity index (χ0v) is 16.1. The van der Waals surface area contributed by atoms with E-state index in [9.17, 15) is 19.2 Å². The summed E-state index contributed by atoms with van der Waals surface area (Å²) in [5.41, 5.74) is 1.69. The molecule has 4 aliphatic heterocycles. The van der Waals surface area contributed by atoms with E-state index >= 15 is 0 Å². The summed E-state index contributed by atoms with van der Waals surface area (Å²) >= 11 is 0. The lowest BCUT2D eigenvalue weighted by molar-refractivity contribution is -0.136. The summed E-state index contributed by atoms with van der Waals surface area (Å²) in [6.07, 6.45) is 3.79. The standard InChI is InChI=1S/C21H24N4O4/c26-18-6-5-17(19(27)23-18)25-20(28)13-4-3-12(10-14(13)21(25)29)11-24-9-1-2-15-16(24)7-8-22-15/h3-4,10,15-17,22H,1-2,5-9,11H2,(H,23,26,27)/t15-,16-,17?/m0/s1. The first-order chi connectivity index (χ1) is 14.0. The molecule has 5 rings (SSSR count). The fourth-order valence-corrected chi connectivity index (χ4v) is 5.21. The molecule has 152 valence electrons. The van der Waals surface area contributed by atoms with Gasteiger partial charge in [-0.05, 0) is 56.5 Å². The van der Waals surface area contributed by atoms with Crippen molar-refractivity contribution in [1.29, 1.82) is 0 Å². The second-order valence-electron chi connectivity index (χ2n) is 8.36. The van der Waals surface area contributed by atoms with Gasteiger partial charge in [0.05, 0.1) is 11.1 Å². The zero-order valence-electron chi connectivity index (χ0n) is 16.1. The number of hydrogen-bond acceptors (Lipinski definition) is 6. The lowest BCUT2D eigenvalue weighted by Gasteiger charge is -2.37. The third-order valence-corrected chi connectivity index (χ3v) is 6.63. The van der Waals surface area contributed by atoms with E-state index < -0.39 is 23.8 Å². The van der Waals surface area contributed by atoms with Crippen molar-refractivity contribution in [2.75, 3.05) is 13.1 Å². The van der Waals surface area contributed by atoms with E-state index in [1.54, 1.807) is 12.1 Å². The monoisotopic (exact) mass is 396 g/mol. The van der Waals surface area contributed by atoms with Crippen LogP contribution in [0.2, 0.25) is 0 Å². The Balaban J connectivity index is 1.37. The van der Waals surface area contributed by atoms with Gasteiger partial charge in [-0.2, -0.15) is 0 Å². The van der Waals surface area contributed by atoms with Crippen LogP contribution in [-0.2, 0) is 16.1 Å². The van der Waals surface area contributed by atoms with Crippen LogP contribution in [0.5, 0.6) is 0 Å². The van der Waals surface area contributed by atoms with Crippen molar-refractivity contribution in [3.8, 4) is 0 Å². The number of imide groups is 2. The van der Waals surface area contributed by atoms with Crippen LogP contribution in [0.25, 0.3) is 0 Å². The highest BCUT2D eigenvalue weighted by molar-refractivity contribution is 6.23. The molecule has 4 amide bonds. The normalized spacial score (nSPS) is 29.8. The Morgan fingerprint density at radius 2 is 1.83 bits per heavy atom. The highest BCUT2D eigenvalue weighted by atomic mass is 16.2. The highest BCUT2D eigenvalue weighted by Crippen LogP contribution is 2.30. The SMILES string of the molecule is O=C1CCC(N2C(=O)c3ccc(CN4CCC[C@@H]5NCC[C@@H]54)cc3C2=O)C(=O)N1. The number of amides is 4. The van der Waals surface area contributed by atoms with Crippen molar-refractivity contribution < 1.29 is 19.2 Å². The molecule has 1 aromatic carbocycles. The average molecular weight is 396 g/mol. The fraction of sp³-hybridized carbons (Fsp3) is 0.524. The number of fused-ring (bicyclic) bond motifs is 2. The van der Waals surface area contributed by atoms with Crippen molar-refractivity contribution >= 4 is 23.6 Å². The third-order valence-electron chi connectivity index (χ3n) is 6.63. The van der Waals surface area contributed by atoms with Gasteiger partial charge in [-0.3, -0.25) is 34.3 Å². The van der Waals surface area contributed by atoms with Crippen LogP contribution in [0.1, 0.15) is 58.4 Å². The van der Waals surface area contributed by atoms with Gasteiger partial charge in [-0.15, -0.1) is 0 Å². The Morgan fingerprint density at radius 3 is 2.66 bits per heavy atom. The number of carbonyl (C=O) groups excluding carboxylic acids is 4. The molecular formula is C21H24N4O4. The van der Waals surface area contributed by atoms with Crippen molar-refractivity contribution in [3.05, 3.63) is 34.9 Å². The largest absolute Gasteiger partial charge is 0.312 e. The van der Waals surface area contributed by atoms with Crippen molar-refractivity contribution in [2.45, 2.75) is 56.8 Å². The number of nitrogens with one attached hydrogen (secondary N) is 2. The van der Waals surface area contributed by atoms with Gasteiger partial charge in [0.15, 0.2) is 0 Å². The molecule has 4 aliphatic rings. The van der Waals surface area contributed by atoms with Crippen LogP contribution < -0.4 is 10.6 Å². The van der Waals surface area contributed by atoms with E-state index in [2.05, 4.69) is 15.5 Å². The molecule has 29 heavy (non-hydrogen) atoms. The molecule has 3 fully saturated rings. The minimum absolute atomic E-state index is 0.126. The quantitative estimate of drug-likeness (QED) is 0.719. The van der Waals surface area contributed by atoms with Gasteiger partial charge in [0.2, 0.25) is 11.8 Å². The van der Waals surface area contributed by atoms with E-state index in [1.165, 1.54) is 6.42 Å². The molecular weight excluding hydrogens is 372 g/mol. The Morgan fingerprint density at radius 1 is 1.00 bits per heavy atom. The summed E-state index contributed by atoms with van der Waals surface area (Å²) in [6.45, 7) is 2.83. The molecule has 4 heterocycles. The zero-order chi connectivity index (χ0) is 20.1. The lowest BCUT2D eigenvalue weighted by atomic mass is 9.96. The minimum atomic E-state index is -0.920. The number of benzene rings is 1. The van der Waals surface area contributed by atoms with Gasteiger partial charge in [0.1, 0.15) is 6.04 Å². The van der Waals surface area contributed by atoms with Crippen LogP contribution in [-0.4, -0.2) is 64.6 Å². The Kier molecular flexibility index (Phi) is 4.48. The molecule has 8 nitrogen and oxygen atoms in total. The Hall–Kier alpha value is -2.58. The molecule has 0 spiro atoms. The van der Waals surface area contributed by atoms with Crippen LogP contribution >= 0.6 is 0 Å². The van der Waals surface area contributed by atoms with Gasteiger partial charge in [-0.1, -0.05) is 6.07 Å². The Bertz CT molecular complexity index is 914. The first-order valence-electron chi connectivity index (χ1n) is 10.3. The number of rotatable bonds is 3. The molecule has 1 unspecified atom stereocenters. The van der Waals surface area contributed by atoms with Crippen LogP contribution in [0, 0.1) is 0 Å². The number of likely N-dealkylation sites (tertiary alicyclic amines) is 1. The maximum atomic E-state index is 13.0. The molecule has 0 bridgehead atoms. The Labute approximate surface area is 168 Å². The van der Waals surface area contributed by atoms with Gasteiger partial charge in [-0.25, -0.2) is 0 Å². The average Bonchev–Trinajstić information content (AvgIpc) is 3.27. The van der Waals surface area contributed by atoms with Gasteiger partial charge in [0.25, 0.3) is 11.8 Å². The van der Waals surface area contributed by atoms with E-state index in [0.29, 0.717) is 23.2 Å². The number of piperidine rings is 2. The predicted molar refractivity (Wildman–Crippen MR) is 103 cm³/mol. The highest BCUT2D eigenvalue weighted by Gasteiger charge is 2.44. The summed E-state index contributed by atoms with van der Waals surface area (Å²) in [5.74, 6) is -1.85.